The third-order valence-corrected chi connectivity index (χ3v) is 14.8. The van der Waals surface area contributed by atoms with Crippen molar-refractivity contribution in [2.45, 2.75) is 188 Å². The normalized spacial score (nSPS) is 30.5. The Kier molecular flexibility index (Phi) is 15.5. The molecule has 3 fully saturated rings. The van der Waals surface area contributed by atoms with Crippen LogP contribution in [0.3, 0.4) is 0 Å². The van der Waals surface area contributed by atoms with E-state index in [0.717, 1.165) is 61.7 Å². The molecule has 0 radical (unpaired) electrons. The van der Waals surface area contributed by atoms with Crippen molar-refractivity contribution >= 4 is 17.7 Å². The number of amides is 3. The molecule has 53 heavy (non-hydrogen) atoms. The molecule has 0 spiro atoms. The first-order valence-electron chi connectivity index (χ1n) is 21.8. The second-order valence-electron chi connectivity index (χ2n) is 20.0. The average molecular weight is 741 g/mol. The number of ether oxygens (including phenoxy) is 1. The molecule has 0 heterocycles. The number of hydrogen-bond acceptors (Lipinski definition) is 5. The molecule has 0 aromatic carbocycles. The molecule has 8 nitrogen and oxygen atoms in total. The molecule has 304 valence electrons. The molecular formula is C45H80N4O4. The number of unbranched alkanes of at least 4 members (excludes halogenated alkanes) is 2. The Hall–Kier alpha value is -1.93. The minimum Gasteiger partial charge on any atom is -0.375 e. The van der Waals surface area contributed by atoms with Gasteiger partial charge in [0, 0.05) is 31.0 Å². The molecular weight excluding hydrogens is 661 g/mol. The lowest BCUT2D eigenvalue weighted by atomic mass is 9.47. The van der Waals surface area contributed by atoms with Gasteiger partial charge in [-0.25, -0.2) is 0 Å². The van der Waals surface area contributed by atoms with Crippen LogP contribution in [0, 0.1) is 46.3 Å². The fourth-order valence-electron chi connectivity index (χ4n) is 11.2. The van der Waals surface area contributed by atoms with Gasteiger partial charge in [-0.3, -0.25) is 14.4 Å². The lowest BCUT2D eigenvalue weighted by Crippen LogP contribution is -2.52. The van der Waals surface area contributed by atoms with E-state index in [4.69, 9.17) is 10.5 Å². The van der Waals surface area contributed by atoms with Gasteiger partial charge in [0.25, 0.3) is 0 Å². The highest BCUT2D eigenvalue weighted by Crippen LogP contribution is 2.67. The Morgan fingerprint density at radius 1 is 0.943 bits per heavy atom. The van der Waals surface area contributed by atoms with E-state index in [0.29, 0.717) is 44.2 Å². The van der Waals surface area contributed by atoms with Gasteiger partial charge in [0.2, 0.25) is 17.7 Å². The molecule has 8 heteroatoms. The number of carbonyl (C=O) groups excluding carboxylic acids is 3. The molecule has 8 atom stereocenters. The van der Waals surface area contributed by atoms with E-state index in [1.807, 2.05) is 13.8 Å². The summed E-state index contributed by atoms with van der Waals surface area (Å²) >= 11 is 0. The zero-order chi connectivity index (χ0) is 39.0. The van der Waals surface area contributed by atoms with E-state index in [-0.39, 0.29) is 40.6 Å². The fourth-order valence-corrected chi connectivity index (χ4v) is 11.2. The van der Waals surface area contributed by atoms with Gasteiger partial charge in [-0.05, 0) is 165 Å². The second kappa shape index (κ2) is 18.8. The molecule has 4 rings (SSSR count). The molecule has 0 bridgehead atoms. The topological polar surface area (TPSA) is 123 Å². The summed E-state index contributed by atoms with van der Waals surface area (Å²) in [5, 5.41) is 9.31. The van der Waals surface area contributed by atoms with Crippen LogP contribution < -0.4 is 21.7 Å². The summed E-state index contributed by atoms with van der Waals surface area (Å²) in [4.78, 5) is 37.5. The number of hydrogen-bond donors (Lipinski definition) is 4. The van der Waals surface area contributed by atoms with Gasteiger partial charge in [-0.15, -0.1) is 0 Å². The van der Waals surface area contributed by atoms with Crippen molar-refractivity contribution in [1.29, 1.82) is 0 Å². The first-order valence-corrected chi connectivity index (χ1v) is 21.8. The van der Waals surface area contributed by atoms with Crippen LogP contribution in [0.2, 0.25) is 0 Å². The van der Waals surface area contributed by atoms with Crippen molar-refractivity contribution in [3.8, 4) is 0 Å². The van der Waals surface area contributed by atoms with Gasteiger partial charge in [0.15, 0.2) is 0 Å². The molecule has 0 aliphatic heterocycles. The highest BCUT2D eigenvalue weighted by molar-refractivity contribution is 5.80. The summed E-state index contributed by atoms with van der Waals surface area (Å²) in [5.74, 6) is 4.12. The average Bonchev–Trinajstić information content (AvgIpc) is 3.42. The van der Waals surface area contributed by atoms with Crippen molar-refractivity contribution in [3.63, 3.8) is 0 Å². The monoisotopic (exact) mass is 741 g/mol. The van der Waals surface area contributed by atoms with Gasteiger partial charge >= 0.3 is 0 Å². The molecule has 0 aromatic heterocycles. The predicted molar refractivity (Wildman–Crippen MR) is 217 cm³/mol. The number of rotatable bonds is 21. The van der Waals surface area contributed by atoms with E-state index in [9.17, 15) is 14.4 Å². The molecule has 4 aliphatic rings. The molecule has 5 N–H and O–H groups in total. The van der Waals surface area contributed by atoms with Crippen molar-refractivity contribution in [1.82, 2.24) is 16.0 Å². The van der Waals surface area contributed by atoms with E-state index in [1.165, 1.54) is 57.8 Å². The Morgan fingerprint density at radius 3 is 2.38 bits per heavy atom. The van der Waals surface area contributed by atoms with Crippen LogP contribution in [0.1, 0.15) is 171 Å². The number of likely N-dealkylation sites (N-methyl/N-ethyl adjacent to an activating group) is 1. The zero-order valence-corrected chi connectivity index (χ0v) is 35.5. The van der Waals surface area contributed by atoms with Gasteiger partial charge in [0.1, 0.15) is 0 Å². The molecule has 0 aromatic rings. The van der Waals surface area contributed by atoms with Crippen molar-refractivity contribution in [2.75, 3.05) is 20.2 Å². The lowest BCUT2D eigenvalue weighted by molar-refractivity contribution is -0.129. The number of primary amides is 1. The molecule has 8 unspecified atom stereocenters. The maximum atomic E-state index is 13.7. The van der Waals surface area contributed by atoms with Gasteiger partial charge < -0.3 is 26.4 Å². The minimum atomic E-state index is -0.443. The number of allylic oxidation sites excluding steroid dienone is 2. The Balaban J connectivity index is 1.18. The van der Waals surface area contributed by atoms with Crippen molar-refractivity contribution in [2.24, 2.45) is 52.1 Å². The largest absolute Gasteiger partial charge is 0.375 e. The smallest absolute Gasteiger partial charge is 0.234 e. The van der Waals surface area contributed by atoms with Crippen molar-refractivity contribution in [3.05, 3.63) is 11.6 Å². The molecule has 4 aliphatic carbocycles. The van der Waals surface area contributed by atoms with Gasteiger partial charge in [-0.1, -0.05) is 58.6 Å². The number of carbonyl (C=O) groups is 3. The van der Waals surface area contributed by atoms with Crippen LogP contribution in [-0.2, 0) is 19.1 Å². The van der Waals surface area contributed by atoms with Crippen LogP contribution in [0.5, 0.6) is 0 Å². The van der Waals surface area contributed by atoms with E-state index >= 15 is 0 Å². The van der Waals surface area contributed by atoms with Crippen LogP contribution in [0.15, 0.2) is 11.6 Å². The third-order valence-electron chi connectivity index (χ3n) is 14.8. The summed E-state index contributed by atoms with van der Waals surface area (Å²) in [6.45, 7) is 19.3. The maximum absolute atomic E-state index is 13.7. The molecule has 0 saturated heterocycles. The van der Waals surface area contributed by atoms with E-state index in [2.05, 4.69) is 63.6 Å². The first-order chi connectivity index (χ1) is 24.9. The summed E-state index contributed by atoms with van der Waals surface area (Å²) in [7, 11) is 1.73. The number of nitrogens with one attached hydrogen (secondary N) is 3. The zero-order valence-electron chi connectivity index (χ0n) is 35.5. The number of nitrogens with two attached hydrogens (primary N) is 1. The number of fused-ring (bicyclic) bond motifs is 5. The molecule has 3 saturated carbocycles. The second-order valence-corrected chi connectivity index (χ2v) is 20.0. The SMILES string of the molecule is CNC(CCCCNC(=O)CCC(C)(C)OCCC(C)(C)NC(=O)C1CCC2(C)C(=CCC3C2CCC2(C)C(CCCCC(C)C)CCC32)C1)C(N)=O. The maximum Gasteiger partial charge on any atom is 0.234 e. The minimum absolute atomic E-state index is 0.0126. The third kappa shape index (κ3) is 11.6. The van der Waals surface area contributed by atoms with E-state index in [1.54, 1.807) is 12.6 Å². The van der Waals surface area contributed by atoms with E-state index < -0.39 is 5.60 Å². The van der Waals surface area contributed by atoms with Crippen molar-refractivity contribution < 1.29 is 19.1 Å². The standard InChI is InChI=1S/C45H80N4O4/c1-31(2)14-10-11-15-33-18-20-36-35-19-17-34-30-32(21-25-45(34,8)37(35)22-26-44(33,36)7)41(52)49-42(3,4)27-29-53-43(5,6)24-23-39(50)48-28-13-12-16-38(47-9)40(46)51/h17,31-33,35-38,47H,10-16,18-30H2,1-9H3,(H2,46,51)(H,48,50)(H,49,52). The quantitative estimate of drug-likeness (QED) is 0.0694. The van der Waals surface area contributed by atoms with Crippen LogP contribution >= 0.6 is 0 Å². The van der Waals surface area contributed by atoms with Gasteiger partial charge in [0.05, 0.1) is 11.6 Å². The summed E-state index contributed by atoms with van der Waals surface area (Å²) in [6.07, 6.45) is 22.1. The Morgan fingerprint density at radius 2 is 1.68 bits per heavy atom. The molecule has 3 amide bonds. The van der Waals surface area contributed by atoms with Crippen LogP contribution in [0.4, 0.5) is 0 Å². The summed E-state index contributed by atoms with van der Waals surface area (Å²) in [6, 6.07) is -0.323. The Bertz CT molecular complexity index is 1260. The highest BCUT2D eigenvalue weighted by atomic mass is 16.5. The Labute approximate surface area is 324 Å². The first kappa shape index (κ1) is 43.8. The summed E-state index contributed by atoms with van der Waals surface area (Å²) < 4.78 is 6.27. The summed E-state index contributed by atoms with van der Waals surface area (Å²) in [5.41, 5.74) is 6.92. The van der Waals surface area contributed by atoms with Gasteiger partial charge in [-0.2, -0.15) is 0 Å². The lowest BCUT2D eigenvalue weighted by Gasteiger charge is -2.58. The van der Waals surface area contributed by atoms with Crippen LogP contribution in [-0.4, -0.2) is 55.1 Å². The predicted octanol–water partition coefficient (Wildman–Crippen LogP) is 8.62. The van der Waals surface area contributed by atoms with Crippen LogP contribution in [0.25, 0.3) is 0 Å². The highest BCUT2D eigenvalue weighted by Gasteiger charge is 2.58. The fraction of sp³-hybridized carbons (Fsp3) is 0.889.